The second kappa shape index (κ2) is 31.9. The van der Waals surface area contributed by atoms with Gasteiger partial charge < -0.3 is 67.0 Å². The summed E-state index contributed by atoms with van der Waals surface area (Å²) >= 11 is 0. The Kier molecular flexibility index (Phi) is 23.7. The third-order valence-corrected chi connectivity index (χ3v) is 14.8. The zero-order valence-electron chi connectivity index (χ0n) is 47.8. The maximum Gasteiger partial charge on any atom is 0.410 e. The van der Waals surface area contributed by atoms with Crippen LogP contribution in [0.5, 0.6) is 0 Å². The van der Waals surface area contributed by atoms with E-state index in [4.69, 9.17) is 47.4 Å². The lowest BCUT2D eigenvalue weighted by atomic mass is 9.95. The number of aliphatic hydroxyl groups is 1. The van der Waals surface area contributed by atoms with E-state index in [2.05, 4.69) is 34.3 Å². The fraction of sp³-hybridized carbons (Fsp3) is 0.438. The summed E-state index contributed by atoms with van der Waals surface area (Å²) in [6, 6.07) is 42.4. The number of unbranched alkanes of at least 4 members (excludes halogenated alkanes) is 2. The van der Waals surface area contributed by atoms with Gasteiger partial charge in [0.05, 0.1) is 33.2 Å². The van der Waals surface area contributed by atoms with Crippen LogP contribution in [0, 0.1) is 0 Å². The first-order valence-electron chi connectivity index (χ1n) is 28.5. The maximum absolute atomic E-state index is 14.0. The minimum absolute atomic E-state index is 0.0386. The van der Waals surface area contributed by atoms with Gasteiger partial charge in [-0.2, -0.15) is 0 Å². The summed E-state index contributed by atoms with van der Waals surface area (Å²) in [5.74, 6) is -3.37. The number of Topliss-reactive ketones (excluding diaryl/α,β-unsaturated/α-hetero) is 2. The van der Waals surface area contributed by atoms with Crippen LogP contribution in [0.15, 0.2) is 145 Å². The summed E-state index contributed by atoms with van der Waals surface area (Å²) in [4.78, 5) is 83.1. The van der Waals surface area contributed by atoms with Gasteiger partial charge in [0.25, 0.3) is 0 Å². The van der Waals surface area contributed by atoms with Crippen molar-refractivity contribution < 1.29 is 81.2 Å². The number of rotatable bonds is 30. The van der Waals surface area contributed by atoms with Gasteiger partial charge in [-0.1, -0.05) is 145 Å². The van der Waals surface area contributed by atoms with Crippen LogP contribution >= 0.6 is 0 Å². The highest BCUT2D eigenvalue weighted by molar-refractivity contribution is 5.82. The first-order chi connectivity index (χ1) is 41.3. The van der Waals surface area contributed by atoms with E-state index in [1.165, 1.54) is 13.8 Å². The number of ketones is 2. The van der Waals surface area contributed by atoms with Crippen molar-refractivity contribution >= 4 is 35.6 Å². The number of hydrogen-bond acceptors (Lipinski definition) is 18. The molecule has 85 heavy (non-hydrogen) atoms. The molecule has 1 amide bonds. The molecule has 10 atom stereocenters. The number of fused-ring (bicyclic) bond motifs is 3. The average Bonchev–Trinajstić information content (AvgIpc) is 2.90. The normalized spacial score (nSPS) is 22.4. The van der Waals surface area contributed by atoms with Crippen molar-refractivity contribution in [2.45, 2.75) is 146 Å². The summed E-state index contributed by atoms with van der Waals surface area (Å²) in [5, 5.41) is 15.9. The smallest absolute Gasteiger partial charge is 0.410 e. The standard InChI is InChI=1S/C64H72N4O17/c1-41(69)30-32-52(71)78-40-51-56(84-63-60(83-53(72)33-31-42(2)70)58(55(73)59(85-63)61(74)76-3)80-38-45-24-12-6-13-25-45)57(79-37-44-22-10-5-11-23-44)54(66-67-65)62(82-51)77-35-19-7-18-34-68(36-43-20-8-4-9-21-43)64(75)81-39-50-48-28-16-14-26-46(48)47-27-15-17-29-49(47)50/h4-6,8-17,20-29,50-51,54-60,62-63,73H,7,18-19,30-40H2,1-3H3/t51-,54-,55+,56-,57-,58+,59-,60-,62+,63-/m1/s1. The SMILES string of the molecule is COC(=O)[C@@H]1O[C@@H](O[C@H]2[C@H](OCc3ccccc3)[C@@H](N=[N+]=[N-])[C@@H](OCCCCCN(Cc3ccccc3)C(=O)OCC3c4ccccc4-c4ccccc43)O[C@@H]2COC(=O)CCC(C)=O)[C@H](OC(=O)CCC(C)=O)[C@@H](OCc2ccccc2)[C@@H]1O. The van der Waals surface area contributed by atoms with Gasteiger partial charge >= 0.3 is 24.0 Å². The van der Waals surface area contributed by atoms with Crippen LogP contribution in [0.2, 0.25) is 0 Å². The topological polar surface area (TPSA) is 267 Å². The number of hydrogen-bond donors (Lipinski definition) is 1. The molecule has 5 aromatic rings. The van der Waals surface area contributed by atoms with Crippen LogP contribution < -0.4 is 0 Å². The van der Waals surface area contributed by atoms with E-state index < -0.39 is 92.0 Å². The van der Waals surface area contributed by atoms with Crippen molar-refractivity contribution in [1.82, 2.24) is 4.90 Å². The number of benzene rings is 5. The minimum atomic E-state index is -1.83. The Morgan fingerprint density at radius 1 is 0.600 bits per heavy atom. The van der Waals surface area contributed by atoms with Gasteiger partial charge in [0.15, 0.2) is 24.8 Å². The summed E-state index contributed by atoms with van der Waals surface area (Å²) < 4.78 is 61.7. The lowest BCUT2D eigenvalue weighted by molar-refractivity contribution is -0.350. The number of carbonyl (C=O) groups is 6. The van der Waals surface area contributed by atoms with E-state index in [0.29, 0.717) is 43.5 Å². The van der Waals surface area contributed by atoms with Crippen molar-refractivity contribution in [3.63, 3.8) is 0 Å². The van der Waals surface area contributed by atoms with Crippen molar-refractivity contribution in [3.05, 3.63) is 178 Å². The molecule has 0 unspecified atom stereocenters. The number of amides is 1. The largest absolute Gasteiger partial charge is 0.467 e. The Morgan fingerprint density at radius 3 is 1.75 bits per heavy atom. The molecule has 450 valence electrons. The first-order valence-corrected chi connectivity index (χ1v) is 28.5. The summed E-state index contributed by atoms with van der Waals surface area (Å²) in [5.41, 5.74) is 16.9. The first kappa shape index (κ1) is 63.2. The molecule has 0 aromatic heterocycles. The van der Waals surface area contributed by atoms with Crippen LogP contribution in [-0.4, -0.2) is 140 Å². The Bertz CT molecular complexity index is 3010. The maximum atomic E-state index is 14.0. The number of methoxy groups -OCH3 is 1. The molecule has 0 spiro atoms. The molecular formula is C64H72N4O17. The number of carbonyl (C=O) groups excluding carboxylic acids is 6. The molecule has 8 rings (SSSR count). The lowest BCUT2D eigenvalue weighted by Gasteiger charge is -2.48. The molecule has 0 saturated carbocycles. The summed E-state index contributed by atoms with van der Waals surface area (Å²) in [6.45, 7) is 2.68. The number of aliphatic hydroxyl groups excluding tert-OH is 1. The van der Waals surface area contributed by atoms with Crippen LogP contribution in [0.4, 0.5) is 4.79 Å². The van der Waals surface area contributed by atoms with Crippen LogP contribution in [0.25, 0.3) is 21.6 Å². The Hall–Kier alpha value is -7.85. The monoisotopic (exact) mass is 1170 g/mol. The van der Waals surface area contributed by atoms with Crippen LogP contribution in [0.3, 0.4) is 0 Å². The number of esters is 3. The number of azide groups is 1. The lowest BCUT2D eigenvalue weighted by Crippen LogP contribution is -2.66. The fourth-order valence-corrected chi connectivity index (χ4v) is 10.5. The molecule has 3 aliphatic rings. The molecule has 21 heteroatoms. The predicted molar refractivity (Wildman–Crippen MR) is 306 cm³/mol. The zero-order chi connectivity index (χ0) is 60.1. The third-order valence-electron chi connectivity index (χ3n) is 14.8. The second-order valence-corrected chi connectivity index (χ2v) is 21.0. The third kappa shape index (κ3) is 17.6. The Balaban J connectivity index is 1.03. The van der Waals surface area contributed by atoms with E-state index in [1.54, 1.807) is 59.5 Å². The Morgan fingerprint density at radius 2 is 1.16 bits per heavy atom. The van der Waals surface area contributed by atoms with Gasteiger partial charge in [-0.25, -0.2) is 9.59 Å². The van der Waals surface area contributed by atoms with E-state index in [1.807, 2.05) is 60.7 Å². The highest BCUT2D eigenvalue weighted by atomic mass is 16.8. The second-order valence-electron chi connectivity index (χ2n) is 21.0. The van der Waals surface area contributed by atoms with Crippen molar-refractivity contribution in [3.8, 4) is 11.1 Å². The number of ether oxygens (including phenoxy) is 10. The molecule has 0 radical (unpaired) electrons. The van der Waals surface area contributed by atoms with Gasteiger partial charge in [0.1, 0.15) is 61.3 Å². The molecule has 2 saturated heterocycles. The molecule has 1 aliphatic carbocycles. The van der Waals surface area contributed by atoms with E-state index in [9.17, 15) is 39.4 Å². The highest BCUT2D eigenvalue weighted by Crippen LogP contribution is 2.45. The molecule has 5 aromatic carbocycles. The quantitative estimate of drug-likeness (QED) is 0.0112. The van der Waals surface area contributed by atoms with Gasteiger partial charge in [-0.3, -0.25) is 9.59 Å². The summed E-state index contributed by atoms with van der Waals surface area (Å²) in [7, 11) is 1.08. The zero-order valence-corrected chi connectivity index (χ0v) is 47.8. The summed E-state index contributed by atoms with van der Waals surface area (Å²) in [6.07, 6.45) is -14.1. The van der Waals surface area contributed by atoms with E-state index in [-0.39, 0.29) is 69.6 Å². The van der Waals surface area contributed by atoms with Crippen molar-refractivity contribution in [2.24, 2.45) is 5.11 Å². The van der Waals surface area contributed by atoms with Gasteiger partial charge in [0, 0.05) is 43.4 Å². The fourth-order valence-electron chi connectivity index (χ4n) is 10.5. The van der Waals surface area contributed by atoms with Crippen molar-refractivity contribution in [1.29, 1.82) is 0 Å². The van der Waals surface area contributed by atoms with E-state index in [0.717, 1.165) is 34.9 Å². The molecule has 2 heterocycles. The molecule has 2 aliphatic heterocycles. The molecule has 2 fully saturated rings. The highest BCUT2D eigenvalue weighted by Gasteiger charge is 2.56. The van der Waals surface area contributed by atoms with Gasteiger partial charge in [-0.15, -0.1) is 0 Å². The Labute approximate surface area is 493 Å². The van der Waals surface area contributed by atoms with Gasteiger partial charge in [-0.05, 0) is 77.6 Å². The molecule has 0 bridgehead atoms. The average molecular weight is 1170 g/mol. The van der Waals surface area contributed by atoms with Crippen LogP contribution in [0.1, 0.15) is 92.5 Å². The number of nitrogens with zero attached hydrogens (tertiary/aromatic N) is 4. The molecular weight excluding hydrogens is 1100 g/mol. The van der Waals surface area contributed by atoms with Gasteiger partial charge in [0.2, 0.25) is 0 Å². The molecule has 21 nitrogen and oxygen atoms in total. The molecule has 1 N–H and O–H groups in total. The minimum Gasteiger partial charge on any atom is -0.467 e. The van der Waals surface area contributed by atoms with Crippen LogP contribution in [-0.2, 0) is 91.1 Å². The van der Waals surface area contributed by atoms with Crippen molar-refractivity contribution in [2.75, 3.05) is 33.5 Å². The predicted octanol–water partition coefficient (Wildman–Crippen LogP) is 9.04. The van der Waals surface area contributed by atoms with E-state index >= 15 is 0 Å².